The summed E-state index contributed by atoms with van der Waals surface area (Å²) < 4.78 is 7.09. The molecule has 0 bridgehead atoms. The van der Waals surface area contributed by atoms with Gasteiger partial charge in [0.1, 0.15) is 12.4 Å². The van der Waals surface area contributed by atoms with E-state index in [-0.39, 0.29) is 11.7 Å². The molecule has 1 aromatic heterocycles. The fourth-order valence-corrected chi connectivity index (χ4v) is 4.00. The van der Waals surface area contributed by atoms with Gasteiger partial charge in [-0.15, -0.1) is 10.2 Å². The topological polar surface area (TPSA) is 122 Å². The molecule has 0 aliphatic heterocycles. The van der Waals surface area contributed by atoms with Gasteiger partial charge in [-0.25, -0.2) is 5.43 Å². The molecule has 0 aliphatic carbocycles. The maximum absolute atomic E-state index is 12.5. The number of nitrogens with one attached hydrogen (secondary N) is 1. The second-order valence-corrected chi connectivity index (χ2v) is 8.57. The van der Waals surface area contributed by atoms with Crippen molar-refractivity contribution in [1.82, 2.24) is 20.2 Å². The number of thioether (sulfide) groups is 1. The van der Waals surface area contributed by atoms with Gasteiger partial charge in [-0.05, 0) is 31.2 Å². The van der Waals surface area contributed by atoms with E-state index in [2.05, 4.69) is 20.7 Å². The molecule has 4 rings (SSSR count). The summed E-state index contributed by atoms with van der Waals surface area (Å²) >= 11 is 1.24. The number of nitrogens with zero attached hydrogens (tertiary/aromatic N) is 4. The van der Waals surface area contributed by atoms with E-state index >= 15 is 0 Å². The average molecular weight is 501 g/mol. The molecule has 0 saturated heterocycles. The quantitative estimate of drug-likeness (QED) is 0.202. The van der Waals surface area contributed by atoms with E-state index in [0.717, 1.165) is 16.8 Å². The third kappa shape index (κ3) is 6.36. The standard InChI is InChI=1S/C26H23N5O4S/c1-18-11-13-21(14-12-18)31-25(19-7-3-2-4-8-19)29-30-26(31)36-17-23(32)28-27-15-20-9-5-6-10-22(20)35-16-24(33)34/h2-15H,16-17H2,1H3,(H,28,32)(H,33,34)/p-1/b27-15-. The molecule has 1 N–H and O–H groups in total. The van der Waals surface area contributed by atoms with Crippen LogP contribution in [0.25, 0.3) is 17.1 Å². The summed E-state index contributed by atoms with van der Waals surface area (Å²) in [6, 6.07) is 24.4. The lowest BCUT2D eigenvalue weighted by Gasteiger charge is -2.10. The first-order valence-corrected chi connectivity index (χ1v) is 11.9. The molecule has 36 heavy (non-hydrogen) atoms. The van der Waals surface area contributed by atoms with E-state index in [0.29, 0.717) is 22.3 Å². The van der Waals surface area contributed by atoms with E-state index in [1.807, 2.05) is 66.1 Å². The maximum atomic E-state index is 12.5. The Morgan fingerprint density at radius 3 is 2.50 bits per heavy atom. The van der Waals surface area contributed by atoms with Gasteiger partial charge in [0, 0.05) is 16.8 Å². The second kappa shape index (κ2) is 11.8. The molecule has 0 unspecified atom stereocenters. The molecule has 9 nitrogen and oxygen atoms in total. The molecular weight excluding hydrogens is 478 g/mol. The first-order valence-electron chi connectivity index (χ1n) is 11.0. The largest absolute Gasteiger partial charge is 0.546 e. The number of carbonyl (C=O) groups is 2. The predicted octanol–water partition coefficient (Wildman–Crippen LogP) is 2.61. The van der Waals surface area contributed by atoms with Crippen LogP contribution in [-0.2, 0) is 9.59 Å². The number of aryl methyl sites for hydroxylation is 1. The Hall–Kier alpha value is -4.44. The van der Waals surface area contributed by atoms with Gasteiger partial charge in [0.15, 0.2) is 11.0 Å². The molecule has 3 aromatic carbocycles. The number of aromatic nitrogens is 3. The van der Waals surface area contributed by atoms with Crippen LogP contribution in [0.2, 0.25) is 0 Å². The number of aliphatic carboxylic acids is 1. The van der Waals surface area contributed by atoms with E-state index in [1.54, 1.807) is 24.3 Å². The van der Waals surface area contributed by atoms with Crippen molar-refractivity contribution >= 4 is 29.9 Å². The minimum Gasteiger partial charge on any atom is -0.546 e. The molecule has 0 fully saturated rings. The summed E-state index contributed by atoms with van der Waals surface area (Å²) in [5.74, 6) is -0.633. The minimum atomic E-state index is -1.33. The van der Waals surface area contributed by atoms with Gasteiger partial charge in [0.25, 0.3) is 5.91 Å². The zero-order chi connectivity index (χ0) is 25.3. The third-order valence-corrected chi connectivity index (χ3v) is 5.88. The highest BCUT2D eigenvalue weighted by Gasteiger charge is 2.17. The normalized spacial score (nSPS) is 10.9. The number of carboxylic acids is 1. The van der Waals surface area contributed by atoms with Crippen LogP contribution >= 0.6 is 11.8 Å². The number of hydrogen-bond donors (Lipinski definition) is 1. The number of carboxylic acid groups (broad SMARTS) is 1. The summed E-state index contributed by atoms with van der Waals surface area (Å²) in [7, 11) is 0. The SMILES string of the molecule is Cc1ccc(-n2c(SCC(=O)N/N=C\c3ccccc3OCC(=O)[O-])nnc2-c2ccccc2)cc1. The monoisotopic (exact) mass is 500 g/mol. The summed E-state index contributed by atoms with van der Waals surface area (Å²) in [6.07, 6.45) is 1.38. The molecule has 0 radical (unpaired) electrons. The highest BCUT2D eigenvalue weighted by molar-refractivity contribution is 7.99. The molecule has 1 amide bonds. The number of para-hydroxylation sites is 1. The van der Waals surface area contributed by atoms with E-state index in [1.165, 1.54) is 18.0 Å². The van der Waals surface area contributed by atoms with Crippen molar-refractivity contribution in [2.24, 2.45) is 5.10 Å². The Bertz CT molecular complexity index is 1370. The Labute approximate surface area is 211 Å². The number of amides is 1. The van der Waals surface area contributed by atoms with Crippen LogP contribution in [0.1, 0.15) is 11.1 Å². The molecule has 1 heterocycles. The van der Waals surface area contributed by atoms with Crippen LogP contribution in [0.15, 0.2) is 89.1 Å². The summed E-state index contributed by atoms with van der Waals surface area (Å²) in [5, 5.41) is 23.9. The summed E-state index contributed by atoms with van der Waals surface area (Å²) in [6.45, 7) is 1.43. The van der Waals surface area contributed by atoms with Crippen molar-refractivity contribution in [3.63, 3.8) is 0 Å². The highest BCUT2D eigenvalue weighted by Crippen LogP contribution is 2.28. The Morgan fingerprint density at radius 1 is 1.03 bits per heavy atom. The van der Waals surface area contributed by atoms with Gasteiger partial charge in [0.05, 0.1) is 17.9 Å². The van der Waals surface area contributed by atoms with E-state index in [4.69, 9.17) is 4.74 Å². The molecule has 4 aromatic rings. The van der Waals surface area contributed by atoms with E-state index < -0.39 is 12.6 Å². The lowest BCUT2D eigenvalue weighted by molar-refractivity contribution is -0.307. The summed E-state index contributed by atoms with van der Waals surface area (Å²) in [5.41, 5.74) is 5.91. The minimum absolute atomic E-state index is 0.0545. The Kier molecular flexibility index (Phi) is 8.09. The summed E-state index contributed by atoms with van der Waals surface area (Å²) in [4.78, 5) is 23.1. The van der Waals surface area contributed by atoms with Gasteiger partial charge in [0.2, 0.25) is 0 Å². The van der Waals surface area contributed by atoms with Gasteiger partial charge in [-0.1, -0.05) is 71.9 Å². The molecule has 0 atom stereocenters. The fourth-order valence-electron chi connectivity index (χ4n) is 3.26. The number of ether oxygens (including phenoxy) is 1. The first kappa shape index (κ1) is 24.7. The third-order valence-electron chi connectivity index (χ3n) is 4.95. The number of rotatable bonds is 10. The highest BCUT2D eigenvalue weighted by atomic mass is 32.2. The van der Waals surface area contributed by atoms with Gasteiger partial charge >= 0.3 is 0 Å². The zero-order valence-electron chi connectivity index (χ0n) is 19.3. The molecule has 0 saturated carbocycles. The van der Waals surface area contributed by atoms with Crippen LogP contribution < -0.4 is 15.3 Å². The number of hydrazone groups is 1. The Morgan fingerprint density at radius 2 is 1.75 bits per heavy atom. The lowest BCUT2D eigenvalue weighted by Crippen LogP contribution is -2.29. The van der Waals surface area contributed by atoms with Crippen molar-refractivity contribution in [3.8, 4) is 22.8 Å². The van der Waals surface area contributed by atoms with Crippen molar-refractivity contribution in [2.45, 2.75) is 12.1 Å². The second-order valence-electron chi connectivity index (χ2n) is 7.62. The van der Waals surface area contributed by atoms with Crippen LogP contribution in [0.5, 0.6) is 5.75 Å². The Balaban J connectivity index is 1.45. The van der Waals surface area contributed by atoms with Gasteiger partial charge < -0.3 is 14.6 Å². The van der Waals surface area contributed by atoms with Gasteiger partial charge in [-0.3, -0.25) is 9.36 Å². The zero-order valence-corrected chi connectivity index (χ0v) is 20.1. The van der Waals surface area contributed by atoms with Crippen LogP contribution in [0.4, 0.5) is 0 Å². The molecular formula is C26H22N5O4S-. The molecule has 0 spiro atoms. The van der Waals surface area contributed by atoms with Crippen LogP contribution in [0.3, 0.4) is 0 Å². The number of benzene rings is 3. The smallest absolute Gasteiger partial charge is 0.250 e. The predicted molar refractivity (Wildman–Crippen MR) is 135 cm³/mol. The van der Waals surface area contributed by atoms with Crippen molar-refractivity contribution < 1.29 is 19.4 Å². The maximum Gasteiger partial charge on any atom is 0.250 e. The number of hydrogen-bond acceptors (Lipinski definition) is 8. The van der Waals surface area contributed by atoms with Crippen LogP contribution in [0, 0.1) is 6.92 Å². The number of carbonyl (C=O) groups excluding carboxylic acids is 2. The van der Waals surface area contributed by atoms with Gasteiger partial charge in [-0.2, -0.15) is 5.10 Å². The van der Waals surface area contributed by atoms with Crippen molar-refractivity contribution in [3.05, 3.63) is 90.0 Å². The van der Waals surface area contributed by atoms with Crippen LogP contribution in [-0.4, -0.2) is 45.2 Å². The first-order chi connectivity index (χ1) is 17.5. The molecule has 0 aliphatic rings. The van der Waals surface area contributed by atoms with Crippen molar-refractivity contribution in [2.75, 3.05) is 12.4 Å². The molecule has 10 heteroatoms. The van der Waals surface area contributed by atoms with E-state index in [9.17, 15) is 14.7 Å². The average Bonchev–Trinajstić information content (AvgIpc) is 3.32. The lowest BCUT2D eigenvalue weighted by atomic mass is 10.2. The molecule has 182 valence electrons. The fraction of sp³-hybridized carbons (Fsp3) is 0.115. The van der Waals surface area contributed by atoms with Crippen molar-refractivity contribution in [1.29, 1.82) is 0 Å².